The Morgan fingerprint density at radius 2 is 1.16 bits per heavy atom. The fourth-order valence-corrected chi connectivity index (χ4v) is 11.2. The van der Waals surface area contributed by atoms with E-state index in [-0.39, 0.29) is 24.5 Å². The fraction of sp³-hybridized carbons (Fsp3) is 0.733. The van der Waals surface area contributed by atoms with Crippen molar-refractivity contribution < 1.29 is 70.5 Å². The molecule has 0 unspecified atom stereocenters. The average Bonchev–Trinajstić information content (AvgIpc) is 3.48. The molecule has 16 nitrogen and oxygen atoms in total. The van der Waals surface area contributed by atoms with Gasteiger partial charge in [-0.1, -0.05) is 243 Å². The second kappa shape index (κ2) is 39.2. The van der Waals surface area contributed by atoms with Crippen molar-refractivity contribution in [1.82, 2.24) is 5.32 Å². The fourth-order valence-electron chi connectivity index (χ4n) is 8.77. The van der Waals surface area contributed by atoms with Gasteiger partial charge in [-0.15, -0.1) is 0 Å². The van der Waals surface area contributed by atoms with E-state index in [0.29, 0.717) is 25.3 Å². The van der Waals surface area contributed by atoms with E-state index in [1.54, 1.807) is 36.4 Å². The Morgan fingerprint density at radius 1 is 0.663 bits per heavy atom. The number of halogens is 5. The summed E-state index contributed by atoms with van der Waals surface area (Å²) in [5.74, 6) is -1.26. The molecule has 0 aliphatic carbocycles. The third-order valence-electron chi connectivity index (χ3n) is 13.9. The number of nitrogens with one attached hydrogen (secondary N) is 1. The molecule has 1 aliphatic rings. The molecule has 23 heteroatoms. The van der Waals surface area contributed by atoms with Gasteiger partial charge in [0.1, 0.15) is 54.7 Å². The summed E-state index contributed by atoms with van der Waals surface area (Å²) in [4.78, 5) is 56.0. The Morgan fingerprint density at radius 3 is 1.64 bits per heavy atom. The molecule has 1 N–H and O–H groups in total. The average molecular weight is 1310 g/mol. The summed E-state index contributed by atoms with van der Waals surface area (Å²) in [5, 5.41) is 2.65. The first kappa shape index (κ1) is 74.5. The summed E-state index contributed by atoms with van der Waals surface area (Å²) in [7, 11) is -6.82. The number of esters is 2. The van der Waals surface area contributed by atoms with Crippen LogP contribution in [0.5, 0.6) is 11.5 Å². The van der Waals surface area contributed by atoms with Crippen LogP contribution in [0.25, 0.3) is 0 Å². The molecule has 2 aromatic rings. The van der Waals surface area contributed by atoms with E-state index in [9.17, 15) is 19.2 Å². The summed E-state index contributed by atoms with van der Waals surface area (Å²) in [6.07, 6.45) is 11.7. The van der Waals surface area contributed by atoms with Crippen molar-refractivity contribution in [3.8, 4) is 11.5 Å². The number of amides is 1. The van der Waals surface area contributed by atoms with Crippen LogP contribution in [0.1, 0.15) is 182 Å². The molecule has 1 saturated heterocycles. The number of phosphoric ester groups is 1. The van der Waals surface area contributed by atoms with Gasteiger partial charge in [0.05, 0.1) is 6.42 Å². The molecule has 1 heterocycles. The Labute approximate surface area is 521 Å². The van der Waals surface area contributed by atoms with Gasteiger partial charge in [-0.25, -0.2) is 14.2 Å². The summed E-state index contributed by atoms with van der Waals surface area (Å²) in [6.45, 7) is 13.8. The number of para-hydroxylation sites is 2. The number of unbranched alkanes of at least 4 members (excludes halogenated alkanes) is 18. The van der Waals surface area contributed by atoms with Crippen LogP contribution in [0.2, 0.25) is 25.7 Å². The van der Waals surface area contributed by atoms with Crippen LogP contribution in [0.15, 0.2) is 60.7 Å². The number of phosphoric acid groups is 1. The first-order valence-corrected chi connectivity index (χ1v) is 37.0. The molecule has 1 amide bonds. The number of hydrogen-bond donors (Lipinski definition) is 1. The second-order valence-electron chi connectivity index (χ2n) is 23.1. The Balaban J connectivity index is 2.13. The van der Waals surface area contributed by atoms with Gasteiger partial charge in [-0.3, -0.25) is 14.1 Å². The van der Waals surface area contributed by atoms with E-state index in [1.807, 2.05) is 0 Å². The minimum atomic E-state index is -5.00. The lowest BCUT2D eigenvalue weighted by Crippen LogP contribution is -2.66. The van der Waals surface area contributed by atoms with Crippen molar-refractivity contribution in [2.24, 2.45) is 0 Å². The molecule has 1 aliphatic heterocycles. The number of ether oxygens (including phenoxy) is 7. The van der Waals surface area contributed by atoms with E-state index >= 15 is 4.57 Å². The molecule has 2 aromatic carbocycles. The van der Waals surface area contributed by atoms with Crippen LogP contribution in [0.4, 0.5) is 9.59 Å². The van der Waals surface area contributed by atoms with Crippen molar-refractivity contribution in [1.29, 1.82) is 0 Å². The molecule has 474 valence electrons. The summed E-state index contributed by atoms with van der Waals surface area (Å²) in [6, 6.07) is 15.0. The highest BCUT2D eigenvalue weighted by atomic mass is 35.6. The van der Waals surface area contributed by atoms with E-state index < -0.39 is 110 Å². The maximum absolute atomic E-state index is 15.5. The highest BCUT2D eigenvalue weighted by molar-refractivity contribution is 7.49. The molecule has 0 spiro atoms. The van der Waals surface area contributed by atoms with Crippen LogP contribution in [-0.2, 0) is 51.8 Å². The van der Waals surface area contributed by atoms with Gasteiger partial charge in [0, 0.05) is 21.1 Å². The molecule has 0 saturated carbocycles. The summed E-state index contributed by atoms with van der Waals surface area (Å²) in [5.41, 5.74) is -1.50. The zero-order valence-electron chi connectivity index (χ0n) is 50.3. The predicted molar refractivity (Wildman–Crippen MR) is 332 cm³/mol. The van der Waals surface area contributed by atoms with Crippen molar-refractivity contribution >= 4 is 98.1 Å². The summed E-state index contributed by atoms with van der Waals surface area (Å²) >= 11 is 30.8. The molecule has 1 fully saturated rings. The van der Waals surface area contributed by atoms with Crippen molar-refractivity contribution in [3.63, 3.8) is 0 Å². The first-order valence-electron chi connectivity index (χ1n) is 29.9. The van der Waals surface area contributed by atoms with E-state index in [1.165, 1.54) is 109 Å². The van der Waals surface area contributed by atoms with Crippen LogP contribution >= 0.6 is 65.8 Å². The lowest BCUT2D eigenvalue weighted by atomic mass is 9.96. The number of benzene rings is 2. The minimum Gasteiger partial charge on any atom is -0.462 e. The lowest BCUT2D eigenvalue weighted by molar-refractivity contribution is -0.270. The number of alkyl carbamates (subject to hydrolysis) is 1. The van der Waals surface area contributed by atoms with Crippen molar-refractivity contribution in [3.05, 3.63) is 60.7 Å². The third-order valence-corrected chi connectivity index (χ3v) is 18.3. The van der Waals surface area contributed by atoms with Gasteiger partial charge in [-0.05, 0) is 70.3 Å². The van der Waals surface area contributed by atoms with Gasteiger partial charge < -0.3 is 47.5 Å². The van der Waals surface area contributed by atoms with Crippen LogP contribution < -0.4 is 14.4 Å². The highest BCUT2D eigenvalue weighted by Crippen LogP contribution is 2.53. The Kier molecular flexibility index (Phi) is 35.2. The number of rotatable bonds is 42. The number of hydrogen-bond acceptors (Lipinski definition) is 15. The molecule has 0 radical (unpaired) electrons. The van der Waals surface area contributed by atoms with Gasteiger partial charge in [0.25, 0.3) is 0 Å². The zero-order valence-corrected chi connectivity index (χ0v) is 56.0. The normalized spacial score (nSPS) is 18.2. The maximum Gasteiger partial charge on any atom is 0.588 e. The van der Waals surface area contributed by atoms with Crippen LogP contribution in [0, 0.1) is 0 Å². The zero-order chi connectivity index (χ0) is 61.4. The van der Waals surface area contributed by atoms with Crippen LogP contribution in [0.3, 0.4) is 0 Å². The quantitative estimate of drug-likeness (QED) is 0.0165. The van der Waals surface area contributed by atoms with Crippen LogP contribution in [-0.4, -0.2) is 103 Å². The molecule has 3 rings (SSSR count). The smallest absolute Gasteiger partial charge is 0.462 e. The number of carbonyl (C=O) groups is 4. The van der Waals surface area contributed by atoms with E-state index in [4.69, 9.17) is 105 Å². The molecule has 0 bridgehead atoms. The van der Waals surface area contributed by atoms with Crippen molar-refractivity contribution in [2.75, 3.05) is 19.8 Å². The Hall–Kier alpha value is -2.70. The molecular weight excluding hydrogens is 1210 g/mol. The highest BCUT2D eigenvalue weighted by Gasteiger charge is 2.55. The largest absolute Gasteiger partial charge is 0.588 e. The number of carbonyl (C=O) groups excluding carboxylic acids is 4. The summed E-state index contributed by atoms with van der Waals surface area (Å²) < 4.78 is 72.5. The van der Waals surface area contributed by atoms with Gasteiger partial charge in [0.2, 0.25) is 3.79 Å². The third kappa shape index (κ3) is 32.7. The van der Waals surface area contributed by atoms with E-state index in [0.717, 1.165) is 51.4 Å². The predicted octanol–water partition coefficient (Wildman–Crippen LogP) is 18.1. The topological polar surface area (TPSA) is 190 Å². The second-order valence-corrected chi connectivity index (χ2v) is 34.5. The van der Waals surface area contributed by atoms with Gasteiger partial charge in [0.15, 0.2) is 16.7 Å². The van der Waals surface area contributed by atoms with Crippen molar-refractivity contribution in [2.45, 2.75) is 258 Å². The molecule has 6 atom stereocenters. The van der Waals surface area contributed by atoms with Gasteiger partial charge in [-0.2, -0.15) is 0 Å². The van der Waals surface area contributed by atoms with E-state index in [2.05, 4.69) is 38.8 Å². The van der Waals surface area contributed by atoms with Gasteiger partial charge >= 0.3 is 32.0 Å². The SMILES string of the molecule is CCCCCCCCCCCCCC(=O)O[C@H](CCCCCCCCCCC)CC(=O)O[C@@H]1[C@@H](NC(=O)OCC(Cl)(Cl)Cl)[C@H](OCC[Si](C)(C)C)O[C@H](COC(=O)OC(C)(C)C(C)(Cl)Cl)[C@H]1OP(=O)(Oc1ccccc1)Oc1ccccc1. The minimum absolute atomic E-state index is 0.0488. The first-order chi connectivity index (χ1) is 39.2. The lowest BCUT2D eigenvalue weighted by Gasteiger charge is -2.45. The molecular formula is C60H95Cl5NO15PSi. The monoisotopic (exact) mass is 1300 g/mol. The standard InChI is InChI=1S/C60H95Cl5NO15PSi/c1-9-11-13-15-17-19-20-22-24-26-34-40-50(67)75-48(39-29-25-23-21-18-16-14-12-10-2)43-51(68)77-54-52(66-56(69)74-45-60(63,64)65)55(72-41-42-83(6,7)8)76-49(44-73-57(70)78-58(3,4)59(5,61)62)53(54)81-82(71,79-46-35-30-27-31-36-46)80-47-37-32-28-33-38-47/h27-28,30-33,35-38,48-49,52-55H,9-26,29,34,39-45H2,1-8H3,(H,66,69)/t48-,49-,52-,53-,54-,55-/m1/s1. The number of alkyl halides is 5. The molecule has 0 aromatic heterocycles. The Bertz CT molecular complexity index is 2140. The maximum atomic E-state index is 15.5. The molecule has 83 heavy (non-hydrogen) atoms.